The molecule has 1 aliphatic rings. The molecular weight excluding hydrogens is 463 g/mol. The van der Waals surface area contributed by atoms with Gasteiger partial charge < -0.3 is 25.2 Å². The second-order valence-corrected chi connectivity index (χ2v) is 8.27. The van der Waals surface area contributed by atoms with E-state index in [2.05, 4.69) is 25.8 Å². The Morgan fingerprint density at radius 2 is 1.75 bits per heavy atom. The Hall–Kier alpha value is -4.34. The van der Waals surface area contributed by atoms with E-state index >= 15 is 0 Å². The van der Waals surface area contributed by atoms with Crippen molar-refractivity contribution in [3.8, 4) is 5.75 Å². The average Bonchev–Trinajstić information content (AvgIpc) is 2.87. The Morgan fingerprint density at radius 1 is 1.00 bits per heavy atom. The lowest BCUT2D eigenvalue weighted by molar-refractivity contribution is 0.208. The van der Waals surface area contributed by atoms with Gasteiger partial charge in [-0.05, 0) is 61.9 Å². The molecule has 1 saturated heterocycles. The number of halogens is 1. The van der Waals surface area contributed by atoms with Crippen molar-refractivity contribution < 1.29 is 18.7 Å². The van der Waals surface area contributed by atoms with Crippen LogP contribution in [0, 0.1) is 12.7 Å². The van der Waals surface area contributed by atoms with Crippen molar-refractivity contribution >= 4 is 34.9 Å². The summed E-state index contributed by atoms with van der Waals surface area (Å²) in [5.41, 5.74) is 2.75. The summed E-state index contributed by atoms with van der Waals surface area (Å²) in [5.74, 6) is 0.499. The van der Waals surface area contributed by atoms with Crippen LogP contribution in [0.2, 0.25) is 0 Å². The predicted octanol–water partition coefficient (Wildman–Crippen LogP) is 4.93. The second-order valence-electron chi connectivity index (χ2n) is 8.27. The molecule has 188 valence electrons. The van der Waals surface area contributed by atoms with E-state index in [1.807, 2.05) is 38.1 Å². The number of aromatic nitrogens is 1. The van der Waals surface area contributed by atoms with Gasteiger partial charge in [0.2, 0.25) is 0 Å². The molecule has 36 heavy (non-hydrogen) atoms. The Kier molecular flexibility index (Phi) is 7.84. The molecular formula is C26H29FN6O3. The lowest BCUT2D eigenvalue weighted by Gasteiger charge is -2.36. The van der Waals surface area contributed by atoms with E-state index in [-0.39, 0.29) is 11.7 Å². The Morgan fingerprint density at radius 3 is 2.44 bits per heavy atom. The highest BCUT2D eigenvalue weighted by atomic mass is 19.1. The lowest BCUT2D eigenvalue weighted by atomic mass is 10.2. The Balaban J connectivity index is 1.29. The van der Waals surface area contributed by atoms with Crippen LogP contribution in [0.4, 0.5) is 36.9 Å². The molecule has 0 saturated carbocycles. The highest BCUT2D eigenvalue weighted by molar-refractivity contribution is 6.00. The van der Waals surface area contributed by atoms with E-state index in [1.165, 1.54) is 18.2 Å². The summed E-state index contributed by atoms with van der Waals surface area (Å²) in [7, 11) is 0. The number of piperazine rings is 1. The minimum absolute atomic E-state index is 0.159. The van der Waals surface area contributed by atoms with Crippen LogP contribution in [0.5, 0.6) is 5.75 Å². The largest absolute Gasteiger partial charge is 0.492 e. The van der Waals surface area contributed by atoms with Crippen molar-refractivity contribution in [1.82, 2.24) is 9.88 Å². The van der Waals surface area contributed by atoms with Gasteiger partial charge in [-0.3, -0.25) is 5.32 Å². The number of hydrogen-bond acceptors (Lipinski definition) is 5. The summed E-state index contributed by atoms with van der Waals surface area (Å²) in [6.07, 6.45) is 1.66. The van der Waals surface area contributed by atoms with Crippen LogP contribution in [-0.4, -0.2) is 54.7 Å². The third-order valence-corrected chi connectivity index (χ3v) is 5.78. The molecule has 4 rings (SSSR count). The average molecular weight is 493 g/mol. The highest BCUT2D eigenvalue weighted by Gasteiger charge is 2.22. The van der Waals surface area contributed by atoms with Gasteiger partial charge in [0.15, 0.2) is 0 Å². The van der Waals surface area contributed by atoms with Crippen molar-refractivity contribution in [1.29, 1.82) is 0 Å². The minimum atomic E-state index is -0.503. The molecule has 4 amide bonds. The summed E-state index contributed by atoms with van der Waals surface area (Å²) in [6.45, 7) is 6.64. The fourth-order valence-corrected chi connectivity index (χ4v) is 3.89. The van der Waals surface area contributed by atoms with Crippen molar-refractivity contribution in [2.24, 2.45) is 0 Å². The van der Waals surface area contributed by atoms with Gasteiger partial charge in [0.1, 0.15) is 17.4 Å². The van der Waals surface area contributed by atoms with Gasteiger partial charge in [0, 0.05) is 49.8 Å². The van der Waals surface area contributed by atoms with Crippen LogP contribution in [0.25, 0.3) is 0 Å². The molecule has 3 aromatic rings. The summed E-state index contributed by atoms with van der Waals surface area (Å²) in [5, 5.41) is 8.24. The van der Waals surface area contributed by atoms with Gasteiger partial charge in [-0.1, -0.05) is 6.07 Å². The first-order valence-corrected chi connectivity index (χ1v) is 11.8. The van der Waals surface area contributed by atoms with Crippen molar-refractivity contribution in [2.45, 2.75) is 13.8 Å². The van der Waals surface area contributed by atoms with Gasteiger partial charge in [-0.25, -0.2) is 19.0 Å². The molecule has 0 aliphatic carbocycles. The molecule has 2 heterocycles. The van der Waals surface area contributed by atoms with Gasteiger partial charge in [-0.2, -0.15) is 0 Å². The number of urea groups is 2. The first-order chi connectivity index (χ1) is 17.4. The number of carbonyl (C=O) groups is 2. The quantitative estimate of drug-likeness (QED) is 0.453. The zero-order chi connectivity index (χ0) is 25.5. The van der Waals surface area contributed by atoms with Crippen LogP contribution in [0.1, 0.15) is 12.5 Å². The summed E-state index contributed by atoms with van der Waals surface area (Å²) >= 11 is 0. The van der Waals surface area contributed by atoms with Crippen LogP contribution < -0.4 is 25.6 Å². The van der Waals surface area contributed by atoms with Crippen LogP contribution in [-0.2, 0) is 0 Å². The number of benzene rings is 2. The number of ether oxygens (including phenoxy) is 1. The van der Waals surface area contributed by atoms with Crippen LogP contribution in [0.15, 0.2) is 60.8 Å². The number of carbonyl (C=O) groups excluding carboxylic acids is 2. The van der Waals surface area contributed by atoms with E-state index in [0.717, 1.165) is 11.3 Å². The predicted molar refractivity (Wildman–Crippen MR) is 138 cm³/mol. The highest BCUT2D eigenvalue weighted by Crippen LogP contribution is 2.26. The molecule has 9 nitrogen and oxygen atoms in total. The van der Waals surface area contributed by atoms with Crippen molar-refractivity contribution in [3.05, 3.63) is 72.2 Å². The van der Waals surface area contributed by atoms with E-state index in [9.17, 15) is 14.0 Å². The van der Waals surface area contributed by atoms with E-state index in [4.69, 9.17) is 4.74 Å². The minimum Gasteiger partial charge on any atom is -0.492 e. The molecule has 0 spiro atoms. The monoisotopic (exact) mass is 492 g/mol. The molecule has 0 unspecified atom stereocenters. The van der Waals surface area contributed by atoms with Crippen LogP contribution >= 0.6 is 0 Å². The van der Waals surface area contributed by atoms with Gasteiger partial charge in [-0.15, -0.1) is 0 Å². The molecule has 1 fully saturated rings. The SMILES string of the molecule is CCOc1ccc(F)cc1NC(=O)Nc1ccc(N2CCN(C(=O)Nc3ncccc3C)CC2)cc1. The fourth-order valence-electron chi connectivity index (χ4n) is 3.89. The number of amides is 4. The fraction of sp³-hybridized carbons (Fsp3) is 0.269. The number of nitrogens with one attached hydrogen (secondary N) is 3. The lowest BCUT2D eigenvalue weighted by Crippen LogP contribution is -2.50. The normalized spacial score (nSPS) is 13.2. The molecule has 0 radical (unpaired) electrons. The van der Waals surface area contributed by atoms with Crippen LogP contribution in [0.3, 0.4) is 0 Å². The van der Waals surface area contributed by atoms with Gasteiger partial charge in [0.05, 0.1) is 12.3 Å². The molecule has 0 bridgehead atoms. The van der Waals surface area contributed by atoms with Gasteiger partial charge >= 0.3 is 12.1 Å². The van der Waals surface area contributed by atoms with Gasteiger partial charge in [0.25, 0.3) is 0 Å². The first kappa shape index (κ1) is 24.8. The summed E-state index contributed by atoms with van der Waals surface area (Å²) < 4.78 is 19.0. The molecule has 10 heteroatoms. The first-order valence-electron chi connectivity index (χ1n) is 11.8. The summed E-state index contributed by atoms with van der Waals surface area (Å²) in [6, 6.07) is 14.5. The topological polar surface area (TPSA) is 98.8 Å². The van der Waals surface area contributed by atoms with Crippen molar-refractivity contribution in [2.75, 3.05) is 53.6 Å². The maximum atomic E-state index is 13.6. The second kappa shape index (κ2) is 11.4. The third-order valence-electron chi connectivity index (χ3n) is 5.78. The van der Waals surface area contributed by atoms with Crippen molar-refractivity contribution in [3.63, 3.8) is 0 Å². The molecule has 2 aromatic carbocycles. The molecule has 3 N–H and O–H groups in total. The molecule has 1 aromatic heterocycles. The number of pyridine rings is 1. The Bertz CT molecular complexity index is 1210. The van der Waals surface area contributed by atoms with E-state index < -0.39 is 11.8 Å². The molecule has 1 aliphatic heterocycles. The number of nitrogens with zero attached hydrogens (tertiary/aromatic N) is 3. The Labute approximate surface area is 209 Å². The molecule has 0 atom stereocenters. The number of anilines is 4. The zero-order valence-electron chi connectivity index (χ0n) is 20.3. The maximum absolute atomic E-state index is 13.6. The van der Waals surface area contributed by atoms with E-state index in [0.29, 0.717) is 50.0 Å². The zero-order valence-corrected chi connectivity index (χ0v) is 20.3. The standard InChI is InChI=1S/C26H29FN6O3/c1-3-36-23-11-6-19(27)17-22(23)30-25(34)29-20-7-9-21(10-8-20)32-13-15-33(16-14-32)26(35)31-24-18(2)5-4-12-28-24/h4-12,17H,3,13-16H2,1-2H3,(H,28,31,35)(H2,29,30,34). The number of aryl methyl sites for hydroxylation is 1. The number of hydrogen-bond donors (Lipinski definition) is 3. The summed E-state index contributed by atoms with van der Waals surface area (Å²) in [4.78, 5) is 33.2. The number of rotatable bonds is 6. The third kappa shape index (κ3) is 6.21. The smallest absolute Gasteiger partial charge is 0.323 e. The maximum Gasteiger partial charge on any atom is 0.323 e. The van der Waals surface area contributed by atoms with E-state index in [1.54, 1.807) is 23.2 Å².